The summed E-state index contributed by atoms with van der Waals surface area (Å²) in [6.07, 6.45) is 8.26. The van der Waals surface area contributed by atoms with Gasteiger partial charge in [-0.1, -0.05) is 11.6 Å². The maximum atomic E-state index is 5.81. The van der Waals surface area contributed by atoms with Crippen molar-refractivity contribution in [2.75, 3.05) is 6.54 Å². The predicted molar refractivity (Wildman–Crippen MR) is 65.6 cm³/mol. The summed E-state index contributed by atoms with van der Waals surface area (Å²) in [6.45, 7) is 1.24. The van der Waals surface area contributed by atoms with E-state index in [2.05, 4.69) is 10.3 Å². The molecule has 1 N–H and O–H groups in total. The minimum atomic E-state index is 0.706. The van der Waals surface area contributed by atoms with Gasteiger partial charge in [-0.25, -0.2) is 0 Å². The summed E-state index contributed by atoms with van der Waals surface area (Å²) < 4.78 is 0. The molecule has 1 spiro atoms. The first-order valence-electron chi connectivity index (χ1n) is 6.10. The molecule has 1 aromatic heterocycles. The highest BCUT2D eigenvalue weighted by Crippen LogP contribution is 2.52. The summed E-state index contributed by atoms with van der Waals surface area (Å²) in [4.78, 5) is 4.33. The molecule has 86 valence electrons. The third kappa shape index (κ3) is 2.23. The third-order valence-corrected chi connectivity index (χ3v) is 4.16. The van der Waals surface area contributed by atoms with Gasteiger partial charge in [0.15, 0.2) is 0 Å². The molecule has 0 amide bonds. The van der Waals surface area contributed by atoms with Crippen LogP contribution in [-0.4, -0.2) is 17.6 Å². The van der Waals surface area contributed by atoms with Crippen LogP contribution in [0.2, 0.25) is 5.02 Å². The molecule has 1 aliphatic heterocycles. The Morgan fingerprint density at radius 1 is 1.44 bits per heavy atom. The lowest BCUT2D eigenvalue weighted by molar-refractivity contribution is 0.517. The van der Waals surface area contributed by atoms with Crippen LogP contribution in [0.3, 0.4) is 0 Å². The van der Waals surface area contributed by atoms with Crippen molar-refractivity contribution in [3.05, 3.63) is 29.0 Å². The molecule has 1 saturated heterocycles. The number of aromatic nitrogens is 1. The van der Waals surface area contributed by atoms with Crippen molar-refractivity contribution in [1.82, 2.24) is 10.3 Å². The number of hydrogen-bond donors (Lipinski definition) is 1. The second kappa shape index (κ2) is 4.01. The molecule has 1 atom stereocenters. The maximum Gasteiger partial charge on any atom is 0.0589 e. The van der Waals surface area contributed by atoms with Crippen molar-refractivity contribution >= 4 is 11.6 Å². The lowest BCUT2D eigenvalue weighted by atomic mass is 10.00. The molecular weight excluding hydrogens is 220 g/mol. The van der Waals surface area contributed by atoms with E-state index in [1.807, 2.05) is 12.1 Å². The number of halogens is 1. The Bertz CT molecular complexity index is 370. The summed E-state index contributed by atoms with van der Waals surface area (Å²) in [7, 11) is 0. The van der Waals surface area contributed by atoms with Gasteiger partial charge in [0.2, 0.25) is 0 Å². The Kier molecular flexibility index (Phi) is 2.64. The number of pyridine rings is 1. The molecular formula is C13H17ClN2. The summed E-state index contributed by atoms with van der Waals surface area (Å²) in [5.41, 5.74) is 1.86. The molecule has 16 heavy (non-hydrogen) atoms. The van der Waals surface area contributed by atoms with Crippen LogP contribution in [0.25, 0.3) is 0 Å². The molecule has 0 unspecified atom stereocenters. The summed E-state index contributed by atoms with van der Waals surface area (Å²) in [6, 6.07) is 4.67. The third-order valence-electron chi connectivity index (χ3n) is 3.94. The van der Waals surface area contributed by atoms with E-state index >= 15 is 0 Å². The Labute approximate surface area is 101 Å². The first-order valence-corrected chi connectivity index (χ1v) is 6.47. The second-order valence-electron chi connectivity index (χ2n) is 5.29. The van der Waals surface area contributed by atoms with Crippen molar-refractivity contribution in [3.63, 3.8) is 0 Å². The number of nitrogens with one attached hydrogen (secondary N) is 1. The molecule has 2 aliphatic rings. The largest absolute Gasteiger partial charge is 0.313 e. The monoisotopic (exact) mass is 236 g/mol. The molecule has 2 heterocycles. The quantitative estimate of drug-likeness (QED) is 0.873. The summed E-state index contributed by atoms with van der Waals surface area (Å²) >= 11 is 5.81. The van der Waals surface area contributed by atoms with E-state index < -0.39 is 0 Å². The van der Waals surface area contributed by atoms with Gasteiger partial charge in [-0.2, -0.15) is 0 Å². The summed E-state index contributed by atoms with van der Waals surface area (Å²) in [5, 5.41) is 4.36. The zero-order valence-corrected chi connectivity index (χ0v) is 10.1. The van der Waals surface area contributed by atoms with E-state index in [0.29, 0.717) is 11.5 Å². The summed E-state index contributed by atoms with van der Waals surface area (Å²) in [5.74, 6) is 0. The molecule has 1 aliphatic carbocycles. The topological polar surface area (TPSA) is 24.9 Å². The fourth-order valence-electron chi connectivity index (χ4n) is 2.67. The Morgan fingerprint density at radius 2 is 2.31 bits per heavy atom. The molecule has 3 rings (SSSR count). The highest BCUT2D eigenvalue weighted by Gasteiger charge is 2.47. The first-order chi connectivity index (χ1) is 7.76. The first kappa shape index (κ1) is 10.5. The van der Waals surface area contributed by atoms with E-state index in [1.54, 1.807) is 6.20 Å². The van der Waals surface area contributed by atoms with Gasteiger partial charge in [0, 0.05) is 24.5 Å². The molecule has 3 heteroatoms. The Hall–Kier alpha value is -0.600. The van der Waals surface area contributed by atoms with Gasteiger partial charge in [-0.15, -0.1) is 0 Å². The van der Waals surface area contributed by atoms with Crippen LogP contribution in [0.5, 0.6) is 0 Å². The van der Waals surface area contributed by atoms with Gasteiger partial charge in [-0.3, -0.25) is 4.98 Å². The van der Waals surface area contributed by atoms with Crippen molar-refractivity contribution in [3.8, 4) is 0 Å². The fourth-order valence-corrected chi connectivity index (χ4v) is 2.78. The lowest BCUT2D eigenvalue weighted by Gasteiger charge is -2.09. The van der Waals surface area contributed by atoms with Gasteiger partial charge in [0.05, 0.1) is 5.02 Å². The van der Waals surface area contributed by atoms with E-state index in [-0.39, 0.29) is 0 Å². The van der Waals surface area contributed by atoms with Crippen molar-refractivity contribution in [1.29, 1.82) is 0 Å². The van der Waals surface area contributed by atoms with E-state index in [0.717, 1.165) is 17.1 Å². The average Bonchev–Trinajstić information content (AvgIpc) is 2.91. The van der Waals surface area contributed by atoms with Crippen LogP contribution < -0.4 is 5.32 Å². The highest BCUT2D eigenvalue weighted by atomic mass is 35.5. The molecule has 0 bridgehead atoms. The van der Waals surface area contributed by atoms with Crippen LogP contribution in [0, 0.1) is 5.41 Å². The van der Waals surface area contributed by atoms with Gasteiger partial charge in [0.1, 0.15) is 0 Å². The van der Waals surface area contributed by atoms with Gasteiger partial charge in [0.25, 0.3) is 0 Å². The van der Waals surface area contributed by atoms with Crippen molar-refractivity contribution in [2.45, 2.75) is 38.1 Å². The van der Waals surface area contributed by atoms with Crippen molar-refractivity contribution < 1.29 is 0 Å². The minimum absolute atomic E-state index is 0.706. The molecule has 1 saturated carbocycles. The number of nitrogens with zero attached hydrogens (tertiary/aromatic N) is 1. The molecule has 2 nitrogen and oxygen atoms in total. The molecule has 0 aromatic carbocycles. The van der Waals surface area contributed by atoms with Gasteiger partial charge in [-0.05, 0) is 49.7 Å². The lowest BCUT2D eigenvalue weighted by Crippen LogP contribution is -2.21. The molecule has 1 aromatic rings. The van der Waals surface area contributed by atoms with Crippen LogP contribution >= 0.6 is 11.6 Å². The average molecular weight is 237 g/mol. The second-order valence-corrected chi connectivity index (χ2v) is 5.72. The Morgan fingerprint density at radius 3 is 2.94 bits per heavy atom. The number of rotatable bonds is 3. The fraction of sp³-hybridized carbons (Fsp3) is 0.615. The standard InChI is InChI=1S/C13H17ClN2/c14-10-1-2-11(15-8-10)3-4-12-7-13(5-6-13)9-16-12/h1-2,8,12,16H,3-7,9H2/t12-/m1/s1. The minimum Gasteiger partial charge on any atom is -0.313 e. The van der Waals surface area contributed by atoms with Crippen molar-refractivity contribution in [2.24, 2.45) is 5.41 Å². The normalized spacial score (nSPS) is 26.2. The van der Waals surface area contributed by atoms with Crippen LogP contribution in [0.4, 0.5) is 0 Å². The maximum absolute atomic E-state index is 5.81. The van der Waals surface area contributed by atoms with Gasteiger partial charge >= 0.3 is 0 Å². The zero-order chi connectivity index (χ0) is 11.0. The van der Waals surface area contributed by atoms with Gasteiger partial charge < -0.3 is 5.32 Å². The van der Waals surface area contributed by atoms with Crippen LogP contribution in [0.15, 0.2) is 18.3 Å². The van der Waals surface area contributed by atoms with E-state index in [4.69, 9.17) is 11.6 Å². The zero-order valence-electron chi connectivity index (χ0n) is 9.38. The number of hydrogen-bond acceptors (Lipinski definition) is 2. The van der Waals surface area contributed by atoms with Crippen LogP contribution in [-0.2, 0) is 6.42 Å². The highest BCUT2D eigenvalue weighted by molar-refractivity contribution is 6.30. The predicted octanol–water partition coefficient (Wildman–Crippen LogP) is 2.81. The smallest absolute Gasteiger partial charge is 0.0589 e. The molecule has 2 fully saturated rings. The number of aryl methyl sites for hydroxylation is 1. The van der Waals surface area contributed by atoms with E-state index in [1.165, 1.54) is 32.2 Å². The molecule has 0 radical (unpaired) electrons. The van der Waals surface area contributed by atoms with E-state index in [9.17, 15) is 0 Å². The Balaban J connectivity index is 1.51. The van der Waals surface area contributed by atoms with Crippen LogP contribution in [0.1, 0.15) is 31.4 Å². The SMILES string of the molecule is Clc1ccc(CC[C@@H]2CC3(CC3)CN2)nc1.